The summed E-state index contributed by atoms with van der Waals surface area (Å²) in [6.07, 6.45) is 0.312. The zero-order valence-electron chi connectivity index (χ0n) is 10.7. The molecule has 6 heteroatoms. The first kappa shape index (κ1) is 14.3. The lowest BCUT2D eigenvalue weighted by Gasteiger charge is -2.23. The van der Waals surface area contributed by atoms with Gasteiger partial charge < -0.3 is 20.1 Å². The van der Waals surface area contributed by atoms with Crippen molar-refractivity contribution in [1.29, 1.82) is 0 Å². The minimum Gasteiger partial charge on any atom is -0.496 e. The summed E-state index contributed by atoms with van der Waals surface area (Å²) >= 11 is 3.38. The van der Waals surface area contributed by atoms with Gasteiger partial charge in [-0.1, -0.05) is 0 Å². The summed E-state index contributed by atoms with van der Waals surface area (Å²) in [6, 6.07) is 5.43. The molecule has 0 spiro atoms. The number of benzene rings is 1. The third-order valence-electron chi connectivity index (χ3n) is 2.85. The number of morpholine rings is 1. The number of nitrogens with one attached hydrogen (secondary N) is 2. The molecule has 1 unspecified atom stereocenters. The molecule has 1 amide bonds. The highest BCUT2D eigenvalue weighted by molar-refractivity contribution is 9.10. The van der Waals surface area contributed by atoms with Gasteiger partial charge in [-0.3, -0.25) is 4.79 Å². The fourth-order valence-corrected chi connectivity index (χ4v) is 2.45. The van der Waals surface area contributed by atoms with E-state index in [2.05, 4.69) is 26.6 Å². The second-order valence-electron chi connectivity index (χ2n) is 4.30. The molecule has 1 heterocycles. The lowest BCUT2D eigenvalue weighted by atomic mass is 10.2. The van der Waals surface area contributed by atoms with Gasteiger partial charge in [0.2, 0.25) is 5.91 Å². The summed E-state index contributed by atoms with van der Waals surface area (Å²) in [4.78, 5) is 11.9. The van der Waals surface area contributed by atoms with Crippen molar-refractivity contribution in [3.63, 3.8) is 0 Å². The number of ether oxygens (including phenoxy) is 2. The molecule has 0 radical (unpaired) electrons. The predicted molar refractivity (Wildman–Crippen MR) is 76.6 cm³/mol. The molecule has 1 aliphatic rings. The Balaban J connectivity index is 1.89. The summed E-state index contributed by atoms with van der Waals surface area (Å²) in [5.41, 5.74) is 0.737. The molecule has 5 nitrogen and oxygen atoms in total. The van der Waals surface area contributed by atoms with E-state index in [1.165, 1.54) is 0 Å². The quantitative estimate of drug-likeness (QED) is 0.884. The van der Waals surface area contributed by atoms with Gasteiger partial charge in [0, 0.05) is 18.8 Å². The van der Waals surface area contributed by atoms with Crippen LogP contribution in [0.1, 0.15) is 6.42 Å². The van der Waals surface area contributed by atoms with Crippen molar-refractivity contribution in [2.45, 2.75) is 12.5 Å². The number of hydrogen-bond donors (Lipinski definition) is 2. The molecule has 1 aromatic carbocycles. The Morgan fingerprint density at radius 1 is 1.63 bits per heavy atom. The highest BCUT2D eigenvalue weighted by Gasteiger charge is 2.17. The van der Waals surface area contributed by atoms with E-state index in [9.17, 15) is 4.79 Å². The van der Waals surface area contributed by atoms with E-state index >= 15 is 0 Å². The number of amides is 1. The van der Waals surface area contributed by atoms with Crippen molar-refractivity contribution in [3.05, 3.63) is 22.7 Å². The van der Waals surface area contributed by atoms with Gasteiger partial charge in [0.25, 0.3) is 0 Å². The molecule has 2 N–H and O–H groups in total. The topological polar surface area (TPSA) is 59.6 Å². The fraction of sp³-hybridized carbons (Fsp3) is 0.462. The van der Waals surface area contributed by atoms with Crippen LogP contribution in [-0.4, -0.2) is 38.8 Å². The summed E-state index contributed by atoms with van der Waals surface area (Å²) in [7, 11) is 1.60. The lowest BCUT2D eigenvalue weighted by molar-refractivity contribution is -0.119. The van der Waals surface area contributed by atoms with Crippen molar-refractivity contribution in [2.75, 3.05) is 32.1 Å². The Bertz CT molecular complexity index is 448. The molecule has 1 saturated heterocycles. The number of rotatable bonds is 4. The Morgan fingerprint density at radius 2 is 2.47 bits per heavy atom. The minimum atomic E-state index is -0.0502. The van der Waals surface area contributed by atoms with Crippen LogP contribution in [0.2, 0.25) is 0 Å². The number of carbonyl (C=O) groups is 1. The number of hydrogen-bond acceptors (Lipinski definition) is 4. The lowest BCUT2D eigenvalue weighted by Crippen LogP contribution is -2.40. The Kier molecular flexibility index (Phi) is 5.18. The van der Waals surface area contributed by atoms with E-state index in [0.29, 0.717) is 13.0 Å². The van der Waals surface area contributed by atoms with Gasteiger partial charge in [-0.05, 0) is 34.1 Å². The van der Waals surface area contributed by atoms with Crippen molar-refractivity contribution in [1.82, 2.24) is 5.32 Å². The summed E-state index contributed by atoms with van der Waals surface area (Å²) < 4.78 is 11.4. The first-order valence-corrected chi connectivity index (χ1v) is 6.94. The van der Waals surface area contributed by atoms with Gasteiger partial charge in [0.05, 0.1) is 30.7 Å². The fourth-order valence-electron chi connectivity index (χ4n) is 1.91. The molecule has 0 bridgehead atoms. The van der Waals surface area contributed by atoms with Crippen molar-refractivity contribution in [2.24, 2.45) is 0 Å². The third kappa shape index (κ3) is 4.19. The van der Waals surface area contributed by atoms with Crippen LogP contribution < -0.4 is 15.4 Å². The van der Waals surface area contributed by atoms with Gasteiger partial charge in [-0.25, -0.2) is 0 Å². The van der Waals surface area contributed by atoms with Gasteiger partial charge in [-0.15, -0.1) is 0 Å². The van der Waals surface area contributed by atoms with Crippen molar-refractivity contribution >= 4 is 27.5 Å². The van der Waals surface area contributed by atoms with E-state index in [-0.39, 0.29) is 12.0 Å². The molecule has 1 aliphatic heterocycles. The van der Waals surface area contributed by atoms with Gasteiger partial charge in [0.15, 0.2) is 0 Å². The summed E-state index contributed by atoms with van der Waals surface area (Å²) in [5.74, 6) is 0.684. The molecular formula is C13H17BrN2O3. The number of methoxy groups -OCH3 is 1. The number of halogens is 1. The Hall–Kier alpha value is -1.11. The highest BCUT2D eigenvalue weighted by Crippen LogP contribution is 2.27. The highest BCUT2D eigenvalue weighted by atomic mass is 79.9. The zero-order chi connectivity index (χ0) is 13.7. The largest absolute Gasteiger partial charge is 0.496 e. The van der Waals surface area contributed by atoms with Crippen LogP contribution in [0.5, 0.6) is 5.75 Å². The second kappa shape index (κ2) is 6.88. The standard InChI is InChI=1S/C13H17BrN2O3/c1-18-12-3-2-9(6-11(12)14)16-13(17)7-10-8-15-4-5-19-10/h2-3,6,10,15H,4-5,7-8H2,1H3,(H,16,17). The van der Waals surface area contributed by atoms with E-state index in [0.717, 1.165) is 29.0 Å². The SMILES string of the molecule is COc1ccc(NC(=O)CC2CNCCO2)cc1Br. The molecule has 19 heavy (non-hydrogen) atoms. The number of anilines is 1. The van der Waals surface area contributed by atoms with Gasteiger partial charge >= 0.3 is 0 Å². The maximum Gasteiger partial charge on any atom is 0.227 e. The Morgan fingerprint density at radius 3 is 3.11 bits per heavy atom. The second-order valence-corrected chi connectivity index (χ2v) is 5.15. The first-order valence-electron chi connectivity index (χ1n) is 6.15. The van der Waals surface area contributed by atoms with Gasteiger partial charge in [0.1, 0.15) is 5.75 Å². The molecule has 0 saturated carbocycles. The van der Waals surface area contributed by atoms with Crippen LogP contribution in [0.4, 0.5) is 5.69 Å². The summed E-state index contributed by atoms with van der Waals surface area (Å²) in [6.45, 7) is 2.23. The number of carbonyl (C=O) groups excluding carboxylic acids is 1. The first-order chi connectivity index (χ1) is 9.19. The van der Waals surface area contributed by atoms with E-state index < -0.39 is 0 Å². The third-order valence-corrected chi connectivity index (χ3v) is 3.47. The van der Waals surface area contributed by atoms with Crippen LogP contribution in [0.25, 0.3) is 0 Å². The van der Waals surface area contributed by atoms with Crippen LogP contribution in [0, 0.1) is 0 Å². The molecule has 1 fully saturated rings. The van der Waals surface area contributed by atoms with E-state index in [4.69, 9.17) is 9.47 Å². The molecule has 104 valence electrons. The molecule has 1 atom stereocenters. The minimum absolute atomic E-state index is 0.0459. The predicted octanol–water partition coefficient (Wildman–Crippen LogP) is 1.77. The maximum atomic E-state index is 11.9. The maximum absolute atomic E-state index is 11.9. The van der Waals surface area contributed by atoms with Crippen LogP contribution >= 0.6 is 15.9 Å². The van der Waals surface area contributed by atoms with Crippen molar-refractivity contribution in [3.8, 4) is 5.75 Å². The Labute approximate surface area is 120 Å². The molecule has 0 aromatic heterocycles. The smallest absolute Gasteiger partial charge is 0.227 e. The molecular weight excluding hydrogens is 312 g/mol. The van der Waals surface area contributed by atoms with Crippen LogP contribution in [0.15, 0.2) is 22.7 Å². The van der Waals surface area contributed by atoms with Crippen LogP contribution in [-0.2, 0) is 9.53 Å². The average Bonchev–Trinajstić information content (AvgIpc) is 2.40. The van der Waals surface area contributed by atoms with Crippen LogP contribution in [0.3, 0.4) is 0 Å². The van der Waals surface area contributed by atoms with Crippen molar-refractivity contribution < 1.29 is 14.3 Å². The monoisotopic (exact) mass is 328 g/mol. The molecule has 1 aromatic rings. The summed E-state index contributed by atoms with van der Waals surface area (Å²) in [5, 5.41) is 6.05. The van der Waals surface area contributed by atoms with E-state index in [1.807, 2.05) is 12.1 Å². The van der Waals surface area contributed by atoms with E-state index in [1.54, 1.807) is 13.2 Å². The molecule has 2 rings (SSSR count). The zero-order valence-corrected chi connectivity index (χ0v) is 12.3. The van der Waals surface area contributed by atoms with Gasteiger partial charge in [-0.2, -0.15) is 0 Å². The average molecular weight is 329 g/mol. The molecule has 0 aliphatic carbocycles. The normalized spacial score (nSPS) is 18.9.